The van der Waals surface area contributed by atoms with E-state index in [1.807, 2.05) is 36.9 Å². The van der Waals surface area contributed by atoms with Gasteiger partial charge in [-0.3, -0.25) is 9.59 Å². The molecule has 1 saturated carbocycles. The summed E-state index contributed by atoms with van der Waals surface area (Å²) in [6.45, 7) is 5.26. The first-order valence-electron chi connectivity index (χ1n) is 12.9. The molecule has 1 spiro atoms. The molecule has 2 aromatic rings. The molecule has 0 radical (unpaired) electrons. The Kier molecular flexibility index (Phi) is 6.58. The number of rotatable bonds is 5. The number of likely N-dealkylation sites (tertiary alicyclic amines) is 1. The molecular formula is C29H36N2O4. The average molecular weight is 477 g/mol. The molecule has 6 heteroatoms. The van der Waals surface area contributed by atoms with E-state index in [4.69, 9.17) is 9.47 Å². The topological polar surface area (TPSA) is 67.9 Å². The van der Waals surface area contributed by atoms with Gasteiger partial charge in [-0.25, -0.2) is 0 Å². The second kappa shape index (κ2) is 9.65. The first kappa shape index (κ1) is 23.9. The van der Waals surface area contributed by atoms with E-state index in [0.717, 1.165) is 53.8 Å². The number of carbonyl (C=O) groups is 2. The molecule has 1 N–H and O–H groups in total. The van der Waals surface area contributed by atoms with Crippen molar-refractivity contribution in [2.75, 3.05) is 25.5 Å². The third-order valence-corrected chi connectivity index (χ3v) is 8.01. The third-order valence-electron chi connectivity index (χ3n) is 8.01. The molecule has 186 valence electrons. The number of benzene rings is 2. The molecule has 6 nitrogen and oxygen atoms in total. The molecule has 2 fully saturated rings. The van der Waals surface area contributed by atoms with Gasteiger partial charge in [-0.1, -0.05) is 24.6 Å². The molecule has 35 heavy (non-hydrogen) atoms. The van der Waals surface area contributed by atoms with Crippen LogP contribution in [0.3, 0.4) is 0 Å². The van der Waals surface area contributed by atoms with Gasteiger partial charge in [-0.15, -0.1) is 0 Å². The largest absolute Gasteiger partial charge is 0.491 e. The molecular weight excluding hydrogens is 440 g/mol. The van der Waals surface area contributed by atoms with E-state index in [2.05, 4.69) is 29.6 Å². The maximum atomic E-state index is 13.2. The van der Waals surface area contributed by atoms with Gasteiger partial charge in [0.05, 0.1) is 17.6 Å². The summed E-state index contributed by atoms with van der Waals surface area (Å²) >= 11 is 0. The van der Waals surface area contributed by atoms with Gasteiger partial charge in [0.25, 0.3) is 0 Å². The molecule has 2 aliphatic heterocycles. The van der Waals surface area contributed by atoms with Crippen molar-refractivity contribution in [2.45, 2.75) is 70.0 Å². The summed E-state index contributed by atoms with van der Waals surface area (Å²) in [4.78, 5) is 28.4. The fourth-order valence-corrected chi connectivity index (χ4v) is 6.04. The van der Waals surface area contributed by atoms with Crippen molar-refractivity contribution < 1.29 is 19.1 Å². The Morgan fingerprint density at radius 1 is 1.06 bits per heavy atom. The summed E-state index contributed by atoms with van der Waals surface area (Å²) in [5, 5.41) is 3.11. The van der Waals surface area contributed by atoms with Crippen LogP contribution in [-0.4, -0.2) is 49.1 Å². The van der Waals surface area contributed by atoms with Crippen LogP contribution in [0.4, 0.5) is 5.69 Å². The van der Waals surface area contributed by atoms with Crippen LogP contribution >= 0.6 is 0 Å². The molecule has 0 unspecified atom stereocenters. The minimum atomic E-state index is -0.565. The maximum absolute atomic E-state index is 13.2. The minimum Gasteiger partial charge on any atom is -0.491 e. The highest BCUT2D eigenvalue weighted by molar-refractivity contribution is 6.07. The van der Waals surface area contributed by atoms with Crippen molar-refractivity contribution in [3.63, 3.8) is 0 Å². The lowest BCUT2D eigenvalue weighted by atomic mass is 9.73. The Balaban J connectivity index is 1.32. The summed E-state index contributed by atoms with van der Waals surface area (Å²) in [6, 6.07) is 14.3. The molecule has 0 aromatic heterocycles. The van der Waals surface area contributed by atoms with E-state index >= 15 is 0 Å². The van der Waals surface area contributed by atoms with Gasteiger partial charge in [-0.2, -0.15) is 0 Å². The second-order valence-electron chi connectivity index (χ2n) is 10.5. The van der Waals surface area contributed by atoms with Crippen LogP contribution in [0.1, 0.15) is 57.9 Å². The van der Waals surface area contributed by atoms with Crippen molar-refractivity contribution >= 4 is 17.5 Å². The van der Waals surface area contributed by atoms with Crippen LogP contribution in [0, 0.1) is 5.92 Å². The Labute approximate surface area is 208 Å². The van der Waals surface area contributed by atoms with Gasteiger partial charge in [0.15, 0.2) is 0 Å². The molecule has 2 amide bonds. The number of nitrogens with one attached hydrogen (secondary N) is 1. The van der Waals surface area contributed by atoms with E-state index in [-0.39, 0.29) is 29.9 Å². The third kappa shape index (κ3) is 4.56. The normalized spacial score (nSPS) is 23.3. The van der Waals surface area contributed by atoms with E-state index < -0.39 is 5.41 Å². The van der Waals surface area contributed by atoms with Crippen LogP contribution in [0.5, 0.6) is 5.75 Å². The van der Waals surface area contributed by atoms with Crippen molar-refractivity contribution in [1.82, 2.24) is 4.90 Å². The number of amides is 2. The number of methoxy groups -OCH3 is 1. The lowest BCUT2D eigenvalue weighted by Gasteiger charge is -2.40. The summed E-state index contributed by atoms with van der Waals surface area (Å²) < 4.78 is 11.3. The molecule has 1 saturated heterocycles. The minimum absolute atomic E-state index is 0.0432. The van der Waals surface area contributed by atoms with Crippen LogP contribution < -0.4 is 10.1 Å². The van der Waals surface area contributed by atoms with Crippen molar-refractivity contribution in [3.05, 3.63) is 48.0 Å². The van der Waals surface area contributed by atoms with Gasteiger partial charge < -0.3 is 19.7 Å². The Hall–Kier alpha value is -2.86. The summed E-state index contributed by atoms with van der Waals surface area (Å²) in [6.07, 6.45) is 5.45. The van der Waals surface area contributed by atoms with Gasteiger partial charge in [0.1, 0.15) is 5.75 Å². The first-order valence-corrected chi connectivity index (χ1v) is 12.9. The standard InChI is InChI=1S/C29H36N2O4/c1-19(2)35-23-10-7-20(8-11-23)21-9-12-26-25(18-21)29(28(33)30-26)13-15-31(16-14-29)27(32)22-5-4-6-24(17-22)34-3/h7-12,18-19,22,24H,4-6,13-17H2,1-3H3,(H,30,33)/t22-,24+/m1/s1. The first-order chi connectivity index (χ1) is 16.9. The number of hydrogen-bond acceptors (Lipinski definition) is 4. The summed E-state index contributed by atoms with van der Waals surface area (Å²) in [5.41, 5.74) is 3.57. The molecule has 0 bridgehead atoms. The fraction of sp³-hybridized carbons (Fsp3) is 0.517. The number of ether oxygens (including phenoxy) is 2. The smallest absolute Gasteiger partial charge is 0.235 e. The number of hydrogen-bond donors (Lipinski definition) is 1. The highest BCUT2D eigenvalue weighted by atomic mass is 16.5. The monoisotopic (exact) mass is 476 g/mol. The number of piperidine rings is 1. The second-order valence-corrected chi connectivity index (χ2v) is 10.5. The zero-order valence-electron chi connectivity index (χ0n) is 21.0. The van der Waals surface area contributed by atoms with Gasteiger partial charge in [0, 0.05) is 31.8 Å². The van der Waals surface area contributed by atoms with Gasteiger partial charge in [-0.05, 0) is 86.9 Å². The Bertz CT molecular complexity index is 1090. The number of nitrogens with zero attached hydrogens (tertiary/aromatic N) is 1. The molecule has 2 aromatic carbocycles. The highest BCUT2D eigenvalue weighted by Gasteiger charge is 2.49. The van der Waals surface area contributed by atoms with E-state index in [9.17, 15) is 9.59 Å². The fourth-order valence-electron chi connectivity index (χ4n) is 6.04. The molecule has 5 rings (SSSR count). The van der Waals surface area contributed by atoms with E-state index in [1.165, 1.54) is 0 Å². The SMILES string of the molecule is CO[C@H]1CCC[C@@H](C(=O)N2CCC3(CC2)C(=O)Nc2ccc(-c4ccc(OC(C)C)cc4)cc23)C1. The van der Waals surface area contributed by atoms with Crippen molar-refractivity contribution in [3.8, 4) is 16.9 Å². The highest BCUT2D eigenvalue weighted by Crippen LogP contribution is 2.46. The van der Waals surface area contributed by atoms with Gasteiger partial charge >= 0.3 is 0 Å². The predicted octanol–water partition coefficient (Wildman–Crippen LogP) is 5.16. The lowest BCUT2D eigenvalue weighted by Crippen LogP contribution is -2.50. The lowest BCUT2D eigenvalue weighted by molar-refractivity contribution is -0.141. The Morgan fingerprint density at radius 3 is 2.46 bits per heavy atom. The quantitative estimate of drug-likeness (QED) is 0.647. The van der Waals surface area contributed by atoms with Crippen molar-refractivity contribution in [1.29, 1.82) is 0 Å². The van der Waals surface area contributed by atoms with Crippen LogP contribution in [0.15, 0.2) is 42.5 Å². The van der Waals surface area contributed by atoms with Crippen LogP contribution in [0.25, 0.3) is 11.1 Å². The van der Waals surface area contributed by atoms with Crippen LogP contribution in [-0.2, 0) is 19.7 Å². The molecule has 1 aliphatic carbocycles. The molecule has 3 aliphatic rings. The number of fused-ring (bicyclic) bond motifs is 2. The van der Waals surface area contributed by atoms with E-state index in [1.54, 1.807) is 7.11 Å². The number of anilines is 1. The zero-order valence-corrected chi connectivity index (χ0v) is 21.0. The van der Waals surface area contributed by atoms with E-state index in [0.29, 0.717) is 25.9 Å². The van der Waals surface area contributed by atoms with Gasteiger partial charge in [0.2, 0.25) is 11.8 Å². The zero-order chi connectivity index (χ0) is 24.6. The van der Waals surface area contributed by atoms with Crippen LogP contribution in [0.2, 0.25) is 0 Å². The predicted molar refractivity (Wildman–Crippen MR) is 137 cm³/mol. The van der Waals surface area contributed by atoms with Crippen molar-refractivity contribution in [2.24, 2.45) is 5.92 Å². The maximum Gasteiger partial charge on any atom is 0.235 e. The molecule has 2 atom stereocenters. The summed E-state index contributed by atoms with van der Waals surface area (Å²) in [7, 11) is 1.74. The average Bonchev–Trinajstić information content (AvgIpc) is 3.14. The number of carbonyl (C=O) groups excluding carboxylic acids is 2. The Morgan fingerprint density at radius 2 is 1.77 bits per heavy atom. The molecule has 2 heterocycles. The summed E-state index contributed by atoms with van der Waals surface area (Å²) in [5.74, 6) is 1.19.